The van der Waals surface area contributed by atoms with Crippen LogP contribution in [0.4, 0.5) is 5.69 Å². The molecule has 3 aromatic rings. The van der Waals surface area contributed by atoms with Crippen molar-refractivity contribution in [1.29, 1.82) is 5.26 Å². The molecule has 0 fully saturated rings. The fraction of sp³-hybridized carbons (Fsp3) is 0.120. The Bertz CT molecular complexity index is 1010. The molecule has 4 heteroatoms. The second-order valence-corrected chi connectivity index (χ2v) is 6.64. The highest BCUT2D eigenvalue weighted by molar-refractivity contribution is 5.90. The largest absolute Gasteiger partial charge is 0.466 e. The monoisotopic (exact) mass is 382 g/mol. The normalized spacial score (nSPS) is 13.4. The number of benzene rings is 3. The van der Waals surface area contributed by atoms with Crippen LogP contribution in [0.5, 0.6) is 0 Å². The lowest BCUT2D eigenvalue weighted by Gasteiger charge is -2.38. The number of methoxy groups -OCH3 is 1. The molecule has 4 nitrogen and oxygen atoms in total. The first-order valence-electron chi connectivity index (χ1n) is 9.24. The minimum atomic E-state index is -1.28. The zero-order valence-electron chi connectivity index (χ0n) is 16.2. The van der Waals surface area contributed by atoms with Gasteiger partial charge in [0.2, 0.25) is 0 Å². The summed E-state index contributed by atoms with van der Waals surface area (Å²) in [6, 6.07) is 30.7. The van der Waals surface area contributed by atoms with E-state index in [9.17, 15) is 10.1 Å². The van der Waals surface area contributed by atoms with E-state index in [0.29, 0.717) is 0 Å². The van der Waals surface area contributed by atoms with Gasteiger partial charge in [-0.1, -0.05) is 85.4 Å². The van der Waals surface area contributed by atoms with Gasteiger partial charge in [0.15, 0.2) is 5.54 Å². The molecule has 0 aromatic heterocycles. The van der Waals surface area contributed by atoms with E-state index in [2.05, 4.69) is 18.0 Å². The molecule has 0 spiro atoms. The highest BCUT2D eigenvalue weighted by atomic mass is 16.5. The first kappa shape index (κ1) is 19.9. The zero-order valence-corrected chi connectivity index (χ0v) is 16.2. The number of rotatable bonds is 7. The van der Waals surface area contributed by atoms with Crippen LogP contribution in [0.2, 0.25) is 0 Å². The number of anilines is 1. The van der Waals surface area contributed by atoms with E-state index >= 15 is 0 Å². The average molecular weight is 382 g/mol. The maximum Gasteiger partial charge on any atom is 0.333 e. The molecule has 0 saturated carbocycles. The van der Waals surface area contributed by atoms with Crippen molar-refractivity contribution in [3.63, 3.8) is 0 Å². The van der Waals surface area contributed by atoms with Gasteiger partial charge in [-0.2, -0.15) is 5.26 Å². The summed E-state index contributed by atoms with van der Waals surface area (Å²) in [4.78, 5) is 12.5. The Balaban J connectivity index is 2.27. The lowest BCUT2D eigenvalue weighted by molar-refractivity contribution is -0.136. The number of nitriles is 1. The third kappa shape index (κ3) is 4.04. The van der Waals surface area contributed by atoms with Gasteiger partial charge in [-0.05, 0) is 23.3 Å². The van der Waals surface area contributed by atoms with Crippen molar-refractivity contribution in [1.82, 2.24) is 0 Å². The van der Waals surface area contributed by atoms with Gasteiger partial charge < -0.3 is 10.1 Å². The summed E-state index contributed by atoms with van der Waals surface area (Å²) in [5.41, 5.74) is 1.20. The molecule has 144 valence electrons. The molecule has 0 saturated heterocycles. The summed E-state index contributed by atoms with van der Waals surface area (Å²) in [5, 5.41) is 13.9. The number of ether oxygens (including phenoxy) is 1. The van der Waals surface area contributed by atoms with Crippen molar-refractivity contribution in [2.24, 2.45) is 0 Å². The SMILES string of the molecule is C=C(C(=O)OC)C(c1ccccc1)C(C#N)(Nc1ccccc1)c1ccccc1. The van der Waals surface area contributed by atoms with E-state index in [1.807, 2.05) is 91.0 Å². The molecular formula is C25H22N2O2. The second kappa shape index (κ2) is 8.90. The standard InChI is InChI=1S/C25H22N2O2/c1-19(24(28)29-2)23(20-12-6-3-7-13-20)25(18-26,21-14-8-4-9-15-21)27-22-16-10-5-11-17-22/h3-17,23,27H,1H2,2H3. The van der Waals surface area contributed by atoms with Crippen LogP contribution in [0, 0.1) is 11.3 Å². The molecule has 0 bridgehead atoms. The van der Waals surface area contributed by atoms with Gasteiger partial charge in [0.25, 0.3) is 0 Å². The molecule has 2 atom stereocenters. The van der Waals surface area contributed by atoms with Gasteiger partial charge in [-0.25, -0.2) is 4.79 Å². The van der Waals surface area contributed by atoms with Gasteiger partial charge >= 0.3 is 5.97 Å². The smallest absolute Gasteiger partial charge is 0.333 e. The Morgan fingerprint density at radius 2 is 1.48 bits per heavy atom. The van der Waals surface area contributed by atoms with Crippen molar-refractivity contribution in [3.8, 4) is 6.07 Å². The Kier molecular flexibility index (Phi) is 6.11. The highest BCUT2D eigenvalue weighted by Crippen LogP contribution is 2.44. The number of hydrogen-bond acceptors (Lipinski definition) is 4. The fourth-order valence-corrected chi connectivity index (χ4v) is 3.53. The third-order valence-corrected chi connectivity index (χ3v) is 4.88. The van der Waals surface area contributed by atoms with Crippen LogP contribution >= 0.6 is 0 Å². The maximum absolute atomic E-state index is 12.5. The Hall–Kier alpha value is -3.84. The van der Waals surface area contributed by atoms with Crippen molar-refractivity contribution in [2.75, 3.05) is 12.4 Å². The van der Waals surface area contributed by atoms with Gasteiger partial charge in [0.1, 0.15) is 0 Å². The number of nitrogens with one attached hydrogen (secondary N) is 1. The summed E-state index contributed by atoms with van der Waals surface area (Å²) in [7, 11) is 1.32. The summed E-state index contributed by atoms with van der Waals surface area (Å²) < 4.78 is 4.96. The second-order valence-electron chi connectivity index (χ2n) is 6.64. The van der Waals surface area contributed by atoms with E-state index in [-0.39, 0.29) is 5.57 Å². The minimum absolute atomic E-state index is 0.201. The average Bonchev–Trinajstić information content (AvgIpc) is 2.79. The topological polar surface area (TPSA) is 62.1 Å². The van der Waals surface area contributed by atoms with Crippen molar-refractivity contribution in [2.45, 2.75) is 11.5 Å². The quantitative estimate of drug-likeness (QED) is 0.460. The van der Waals surface area contributed by atoms with Gasteiger partial charge in [0, 0.05) is 11.3 Å². The van der Waals surface area contributed by atoms with Gasteiger partial charge in [-0.3, -0.25) is 0 Å². The van der Waals surface area contributed by atoms with Gasteiger partial charge in [-0.15, -0.1) is 0 Å². The molecule has 0 radical (unpaired) electrons. The Morgan fingerprint density at radius 1 is 0.966 bits per heavy atom. The van der Waals surface area contributed by atoms with Crippen LogP contribution in [0.15, 0.2) is 103 Å². The van der Waals surface area contributed by atoms with Crippen LogP contribution in [0.1, 0.15) is 17.0 Å². The zero-order chi connectivity index (χ0) is 20.7. The predicted octanol–water partition coefficient (Wildman–Crippen LogP) is 5.03. The molecule has 29 heavy (non-hydrogen) atoms. The summed E-state index contributed by atoms with van der Waals surface area (Å²) in [6.07, 6.45) is 0. The number of hydrogen-bond donors (Lipinski definition) is 1. The fourth-order valence-electron chi connectivity index (χ4n) is 3.53. The number of carbonyl (C=O) groups is 1. The third-order valence-electron chi connectivity index (χ3n) is 4.88. The summed E-state index contributed by atoms with van der Waals surface area (Å²) in [5.74, 6) is -1.23. The van der Waals surface area contributed by atoms with E-state index in [0.717, 1.165) is 16.8 Å². The molecule has 3 aromatic carbocycles. The summed E-state index contributed by atoms with van der Waals surface area (Å²) in [6.45, 7) is 4.02. The number of para-hydroxylation sites is 1. The highest BCUT2D eigenvalue weighted by Gasteiger charge is 2.45. The predicted molar refractivity (Wildman–Crippen MR) is 114 cm³/mol. The molecule has 0 aliphatic heterocycles. The van der Waals surface area contributed by atoms with Crippen LogP contribution in [0.3, 0.4) is 0 Å². The molecular weight excluding hydrogens is 360 g/mol. The first-order valence-corrected chi connectivity index (χ1v) is 9.24. The van der Waals surface area contributed by atoms with E-state index < -0.39 is 17.4 Å². The summed E-state index contributed by atoms with van der Waals surface area (Å²) >= 11 is 0. The minimum Gasteiger partial charge on any atom is -0.466 e. The van der Waals surface area contributed by atoms with Crippen LogP contribution in [0.25, 0.3) is 0 Å². The molecule has 3 rings (SSSR count). The van der Waals surface area contributed by atoms with Crippen LogP contribution < -0.4 is 5.32 Å². The number of nitrogens with zero attached hydrogens (tertiary/aromatic N) is 1. The van der Waals surface area contributed by atoms with Crippen molar-refractivity contribution < 1.29 is 9.53 Å². The molecule has 0 aliphatic rings. The lowest BCUT2D eigenvalue weighted by atomic mass is 9.71. The first-order chi connectivity index (χ1) is 14.1. The van der Waals surface area contributed by atoms with E-state index in [1.54, 1.807) is 0 Å². The number of esters is 1. The van der Waals surface area contributed by atoms with E-state index in [4.69, 9.17) is 4.74 Å². The number of carbonyl (C=O) groups excluding carboxylic acids is 1. The molecule has 0 amide bonds. The van der Waals surface area contributed by atoms with Crippen molar-refractivity contribution >= 4 is 11.7 Å². The molecule has 0 heterocycles. The molecule has 2 unspecified atom stereocenters. The molecule has 1 N–H and O–H groups in total. The van der Waals surface area contributed by atoms with Crippen molar-refractivity contribution in [3.05, 3.63) is 114 Å². The Labute approximate surface area is 171 Å². The Morgan fingerprint density at radius 3 is 2.00 bits per heavy atom. The maximum atomic E-state index is 12.5. The lowest BCUT2D eigenvalue weighted by Crippen LogP contribution is -2.42. The van der Waals surface area contributed by atoms with E-state index in [1.165, 1.54) is 7.11 Å². The van der Waals surface area contributed by atoms with Crippen LogP contribution in [-0.4, -0.2) is 13.1 Å². The van der Waals surface area contributed by atoms with Gasteiger partial charge in [0.05, 0.1) is 19.1 Å². The van der Waals surface area contributed by atoms with Crippen LogP contribution in [-0.2, 0) is 15.1 Å². The molecule has 0 aliphatic carbocycles.